The van der Waals surface area contributed by atoms with Crippen LogP contribution in [0.5, 0.6) is 0 Å². The molecular formula is C13H12N4O. The van der Waals surface area contributed by atoms with Gasteiger partial charge in [-0.15, -0.1) is 0 Å². The topological polar surface area (TPSA) is 60.7 Å². The van der Waals surface area contributed by atoms with E-state index in [0.29, 0.717) is 23.5 Å². The summed E-state index contributed by atoms with van der Waals surface area (Å²) >= 11 is 0. The lowest BCUT2D eigenvalue weighted by Crippen LogP contribution is -2.10. The van der Waals surface area contributed by atoms with Crippen molar-refractivity contribution in [2.24, 2.45) is 0 Å². The van der Waals surface area contributed by atoms with Gasteiger partial charge in [0, 0.05) is 13.3 Å². The molecule has 0 aliphatic heterocycles. The van der Waals surface area contributed by atoms with Gasteiger partial charge < -0.3 is 0 Å². The third-order valence-corrected chi connectivity index (χ3v) is 2.87. The fourth-order valence-corrected chi connectivity index (χ4v) is 2.07. The largest absolute Gasteiger partial charge is 0.274 e. The van der Waals surface area contributed by atoms with E-state index in [4.69, 9.17) is 0 Å². The number of imidazole rings is 1. The summed E-state index contributed by atoms with van der Waals surface area (Å²) in [6.07, 6.45) is 0.675. The van der Waals surface area contributed by atoms with Crippen molar-refractivity contribution in [3.05, 3.63) is 30.1 Å². The van der Waals surface area contributed by atoms with E-state index in [9.17, 15) is 4.79 Å². The zero-order valence-electron chi connectivity index (χ0n) is 10.2. The number of para-hydroxylation sites is 2. The zero-order valence-corrected chi connectivity index (χ0v) is 10.2. The van der Waals surface area contributed by atoms with Crippen LogP contribution in [-0.2, 0) is 6.42 Å². The molecule has 0 radical (unpaired) electrons. The Morgan fingerprint density at radius 1 is 1.17 bits per heavy atom. The Balaban J connectivity index is 2.45. The van der Waals surface area contributed by atoms with Crippen LogP contribution in [0.4, 0.5) is 0 Å². The zero-order chi connectivity index (χ0) is 12.7. The van der Waals surface area contributed by atoms with E-state index in [2.05, 4.69) is 15.0 Å². The third kappa shape index (κ3) is 1.48. The highest BCUT2D eigenvalue weighted by atomic mass is 16.1. The quantitative estimate of drug-likeness (QED) is 0.654. The van der Waals surface area contributed by atoms with Crippen molar-refractivity contribution >= 4 is 28.2 Å². The molecule has 0 aliphatic carbocycles. The molecule has 0 aliphatic rings. The molecule has 5 nitrogen and oxygen atoms in total. The average Bonchev–Trinajstić information content (AvgIpc) is 2.73. The van der Waals surface area contributed by atoms with Crippen molar-refractivity contribution in [2.75, 3.05) is 0 Å². The molecule has 2 heterocycles. The summed E-state index contributed by atoms with van der Waals surface area (Å²) in [5.41, 5.74) is 2.63. The molecule has 3 aromatic rings. The molecule has 18 heavy (non-hydrogen) atoms. The number of rotatable bonds is 1. The Morgan fingerprint density at radius 3 is 2.44 bits per heavy atom. The van der Waals surface area contributed by atoms with Crippen molar-refractivity contribution in [1.29, 1.82) is 0 Å². The standard InChI is InChI=1S/C13H12N4O/c1-3-11-16-12-13(17(11)8(2)18)15-10-7-5-4-6-9(10)14-12/h4-7H,3H2,1-2H3. The van der Waals surface area contributed by atoms with Crippen LogP contribution in [0, 0.1) is 0 Å². The number of hydrogen-bond donors (Lipinski definition) is 0. The van der Waals surface area contributed by atoms with Crippen LogP contribution >= 0.6 is 0 Å². The highest BCUT2D eigenvalue weighted by molar-refractivity contribution is 5.90. The SMILES string of the molecule is CCc1nc2nc3ccccc3nc2n1C(C)=O. The number of aromatic nitrogens is 4. The lowest BCUT2D eigenvalue weighted by atomic mass is 10.3. The monoisotopic (exact) mass is 240 g/mol. The number of fused-ring (bicyclic) bond motifs is 2. The molecule has 0 bridgehead atoms. The Hall–Kier alpha value is -2.30. The highest BCUT2D eigenvalue weighted by Gasteiger charge is 2.15. The van der Waals surface area contributed by atoms with Crippen molar-refractivity contribution < 1.29 is 4.79 Å². The smallest absolute Gasteiger partial charge is 0.230 e. The van der Waals surface area contributed by atoms with Gasteiger partial charge in [-0.1, -0.05) is 19.1 Å². The van der Waals surface area contributed by atoms with E-state index in [0.717, 1.165) is 11.0 Å². The number of hydrogen-bond acceptors (Lipinski definition) is 4. The van der Waals surface area contributed by atoms with Crippen molar-refractivity contribution in [3.63, 3.8) is 0 Å². The molecule has 0 spiro atoms. The second-order valence-electron chi connectivity index (χ2n) is 4.10. The Kier molecular flexibility index (Phi) is 2.33. The van der Waals surface area contributed by atoms with Gasteiger partial charge >= 0.3 is 0 Å². The molecule has 0 amide bonds. The predicted octanol–water partition coefficient (Wildman–Crippen LogP) is 2.20. The number of benzene rings is 1. The minimum Gasteiger partial charge on any atom is -0.274 e. The lowest BCUT2D eigenvalue weighted by molar-refractivity contribution is 0.0937. The van der Waals surface area contributed by atoms with Gasteiger partial charge in [0.05, 0.1) is 11.0 Å². The van der Waals surface area contributed by atoms with Crippen molar-refractivity contribution in [3.8, 4) is 0 Å². The molecule has 0 unspecified atom stereocenters. The van der Waals surface area contributed by atoms with Crippen molar-refractivity contribution in [1.82, 2.24) is 19.5 Å². The number of aryl methyl sites for hydroxylation is 1. The molecule has 0 saturated heterocycles. The van der Waals surface area contributed by atoms with Gasteiger partial charge in [-0.3, -0.25) is 4.79 Å². The fraction of sp³-hybridized carbons (Fsp3) is 0.231. The van der Waals surface area contributed by atoms with Gasteiger partial charge in [0.25, 0.3) is 0 Å². The Labute approximate surface area is 103 Å². The summed E-state index contributed by atoms with van der Waals surface area (Å²) in [5, 5.41) is 0. The summed E-state index contributed by atoms with van der Waals surface area (Å²) in [4.78, 5) is 25.0. The summed E-state index contributed by atoms with van der Waals surface area (Å²) in [6, 6.07) is 7.58. The van der Waals surface area contributed by atoms with E-state index in [-0.39, 0.29) is 5.91 Å². The third-order valence-electron chi connectivity index (χ3n) is 2.87. The first-order valence-electron chi connectivity index (χ1n) is 5.85. The second-order valence-corrected chi connectivity index (χ2v) is 4.10. The molecule has 0 fully saturated rings. The first-order valence-corrected chi connectivity index (χ1v) is 5.85. The molecule has 90 valence electrons. The van der Waals surface area contributed by atoms with E-state index in [1.807, 2.05) is 31.2 Å². The molecule has 1 aromatic carbocycles. The first kappa shape index (κ1) is 10.8. The predicted molar refractivity (Wildman–Crippen MR) is 68.5 cm³/mol. The van der Waals surface area contributed by atoms with Crippen LogP contribution in [0.3, 0.4) is 0 Å². The molecule has 0 atom stereocenters. The Bertz CT molecular complexity index is 760. The van der Waals surface area contributed by atoms with Gasteiger partial charge in [-0.05, 0) is 12.1 Å². The highest BCUT2D eigenvalue weighted by Crippen LogP contribution is 2.17. The van der Waals surface area contributed by atoms with Gasteiger partial charge in [0.1, 0.15) is 5.82 Å². The van der Waals surface area contributed by atoms with E-state index < -0.39 is 0 Å². The van der Waals surface area contributed by atoms with Crippen LogP contribution in [0.1, 0.15) is 24.5 Å². The second kappa shape index (κ2) is 3.87. The minimum absolute atomic E-state index is 0.0843. The maximum atomic E-state index is 11.7. The van der Waals surface area contributed by atoms with Crippen LogP contribution in [0.15, 0.2) is 24.3 Å². The van der Waals surface area contributed by atoms with Gasteiger partial charge in [0.15, 0.2) is 11.3 Å². The normalized spacial score (nSPS) is 11.2. The summed E-state index contributed by atoms with van der Waals surface area (Å²) in [6.45, 7) is 3.47. The van der Waals surface area contributed by atoms with E-state index in [1.165, 1.54) is 11.5 Å². The number of carbonyl (C=O) groups excluding carboxylic acids is 1. The first-order chi connectivity index (χ1) is 8.70. The van der Waals surface area contributed by atoms with Crippen LogP contribution in [0.25, 0.3) is 22.3 Å². The molecule has 0 saturated carbocycles. The van der Waals surface area contributed by atoms with E-state index in [1.54, 1.807) is 0 Å². The molecule has 3 rings (SSSR count). The van der Waals surface area contributed by atoms with Crippen molar-refractivity contribution in [2.45, 2.75) is 20.3 Å². The van der Waals surface area contributed by atoms with E-state index >= 15 is 0 Å². The summed E-state index contributed by atoms with van der Waals surface area (Å²) in [5.74, 6) is 0.617. The summed E-state index contributed by atoms with van der Waals surface area (Å²) < 4.78 is 1.54. The Morgan fingerprint density at radius 2 is 1.83 bits per heavy atom. The van der Waals surface area contributed by atoms with Crippen LogP contribution in [-0.4, -0.2) is 25.4 Å². The molecular weight excluding hydrogens is 228 g/mol. The minimum atomic E-state index is -0.0843. The maximum absolute atomic E-state index is 11.7. The summed E-state index contributed by atoms with van der Waals surface area (Å²) in [7, 11) is 0. The molecule has 5 heteroatoms. The van der Waals surface area contributed by atoms with Gasteiger partial charge in [-0.25, -0.2) is 19.5 Å². The average molecular weight is 240 g/mol. The van der Waals surface area contributed by atoms with Crippen LogP contribution < -0.4 is 0 Å². The lowest BCUT2D eigenvalue weighted by Gasteiger charge is -2.01. The fourth-order valence-electron chi connectivity index (χ4n) is 2.07. The number of nitrogens with zero attached hydrogens (tertiary/aromatic N) is 4. The van der Waals surface area contributed by atoms with Crippen LogP contribution in [0.2, 0.25) is 0 Å². The van der Waals surface area contributed by atoms with Gasteiger partial charge in [-0.2, -0.15) is 0 Å². The molecule has 2 aromatic heterocycles. The maximum Gasteiger partial charge on any atom is 0.230 e. The van der Waals surface area contributed by atoms with Gasteiger partial charge in [0.2, 0.25) is 5.91 Å². The molecule has 0 N–H and O–H groups in total. The number of carbonyl (C=O) groups is 1.